The molecule has 8 nitrogen and oxygen atoms in total. The van der Waals surface area contributed by atoms with Gasteiger partial charge in [0.2, 0.25) is 0 Å². The lowest BCUT2D eigenvalue weighted by atomic mass is 9.94. The molecule has 2 aromatic carbocycles. The van der Waals surface area contributed by atoms with Gasteiger partial charge in [0.05, 0.1) is 5.35 Å². The van der Waals surface area contributed by atoms with Gasteiger partial charge in [0, 0.05) is 46.5 Å². The lowest BCUT2D eigenvalue weighted by molar-refractivity contribution is -0.104. The molecule has 6 rings (SSSR count). The number of nitrogens with one attached hydrogen (secondary N) is 2. The van der Waals surface area contributed by atoms with Crippen LogP contribution in [0.1, 0.15) is 36.5 Å². The highest BCUT2D eigenvalue weighted by molar-refractivity contribution is 5.91. The van der Waals surface area contributed by atoms with Crippen LogP contribution in [0.3, 0.4) is 0 Å². The molecule has 0 aliphatic carbocycles. The Morgan fingerprint density at radius 2 is 1.60 bits per heavy atom. The molecule has 8 heteroatoms. The molecule has 5 aromatic rings. The van der Waals surface area contributed by atoms with Gasteiger partial charge in [-0.15, -0.1) is 0 Å². The number of rotatable bonds is 9. The van der Waals surface area contributed by atoms with Crippen LogP contribution in [0.2, 0.25) is 0 Å². The Bertz CT molecular complexity index is 2030. The molecule has 3 aromatic heterocycles. The monoisotopic (exact) mass is 595 g/mol. The third kappa shape index (κ3) is 6.37. The largest absolute Gasteiger partial charge is 0.339 e. The van der Waals surface area contributed by atoms with E-state index in [1.54, 1.807) is 12.2 Å². The summed E-state index contributed by atoms with van der Waals surface area (Å²) in [5.74, 6) is 1.32. The Morgan fingerprint density at radius 3 is 2.27 bits per heavy atom. The molecule has 226 valence electrons. The molecule has 0 radical (unpaired) electrons. The second-order valence-corrected chi connectivity index (χ2v) is 11.4. The minimum absolute atomic E-state index is 0.531. The van der Waals surface area contributed by atoms with Gasteiger partial charge < -0.3 is 10.6 Å². The van der Waals surface area contributed by atoms with E-state index in [0.29, 0.717) is 22.0 Å². The van der Waals surface area contributed by atoms with E-state index in [4.69, 9.17) is 4.98 Å². The fourth-order valence-corrected chi connectivity index (χ4v) is 5.86. The van der Waals surface area contributed by atoms with Gasteiger partial charge in [-0.25, -0.2) is 15.0 Å². The van der Waals surface area contributed by atoms with Gasteiger partial charge in [0.25, 0.3) is 0 Å². The molecule has 1 fully saturated rings. The maximum absolute atomic E-state index is 11.3. The first kappa shape index (κ1) is 29.8. The van der Waals surface area contributed by atoms with E-state index in [2.05, 4.69) is 81.2 Å². The van der Waals surface area contributed by atoms with Crippen LogP contribution in [0.15, 0.2) is 78.9 Å². The molecule has 0 unspecified atom stereocenters. The highest BCUT2D eigenvalue weighted by atomic mass is 16.1. The zero-order valence-corrected chi connectivity index (χ0v) is 26.0. The van der Waals surface area contributed by atoms with E-state index in [1.807, 2.05) is 37.5 Å². The first-order valence-corrected chi connectivity index (χ1v) is 15.3. The fourth-order valence-electron chi connectivity index (χ4n) is 5.86. The van der Waals surface area contributed by atoms with Crippen LogP contribution in [0.5, 0.6) is 0 Å². The van der Waals surface area contributed by atoms with Crippen molar-refractivity contribution in [3.8, 4) is 11.1 Å². The minimum Gasteiger partial charge on any atom is -0.339 e. The van der Waals surface area contributed by atoms with Gasteiger partial charge >= 0.3 is 0 Å². The highest BCUT2D eigenvalue weighted by Gasteiger charge is 2.15. The average Bonchev–Trinajstić information content (AvgIpc) is 3.57. The summed E-state index contributed by atoms with van der Waals surface area (Å²) in [4.78, 5) is 32.1. The van der Waals surface area contributed by atoms with Crippen molar-refractivity contribution in [2.75, 3.05) is 23.7 Å². The molecule has 0 amide bonds. The Balaban J connectivity index is 1.29. The van der Waals surface area contributed by atoms with E-state index < -0.39 is 0 Å². The molecule has 0 bridgehead atoms. The van der Waals surface area contributed by atoms with E-state index in [1.165, 1.54) is 24.7 Å². The van der Waals surface area contributed by atoms with Gasteiger partial charge in [-0.05, 0) is 105 Å². The molecule has 4 heterocycles. The molecular weight excluding hydrogens is 558 g/mol. The number of hydrogen-bond acceptors (Lipinski definition) is 8. The minimum atomic E-state index is 0.531. The Kier molecular flexibility index (Phi) is 8.75. The van der Waals surface area contributed by atoms with Crippen LogP contribution in [0.25, 0.3) is 34.7 Å². The van der Waals surface area contributed by atoms with Gasteiger partial charge in [0.1, 0.15) is 23.9 Å². The van der Waals surface area contributed by atoms with E-state index in [-0.39, 0.29) is 0 Å². The summed E-state index contributed by atoms with van der Waals surface area (Å²) in [6, 6.07) is 16.7. The fraction of sp³-hybridized carbons (Fsp3) is 0.216. The zero-order valence-electron chi connectivity index (χ0n) is 26.0. The van der Waals surface area contributed by atoms with Crippen molar-refractivity contribution in [3.05, 3.63) is 106 Å². The number of allylic oxidation sites excluding steroid dienone is 2. The Hall–Kier alpha value is -5.21. The number of pyridine rings is 2. The van der Waals surface area contributed by atoms with Crippen molar-refractivity contribution in [1.82, 2.24) is 24.8 Å². The highest BCUT2D eigenvalue weighted by Crippen LogP contribution is 2.35. The number of benzene rings is 2. The summed E-state index contributed by atoms with van der Waals surface area (Å²) in [5.41, 5.74) is 8.88. The molecular formula is C37H37N7O. The zero-order chi connectivity index (χ0) is 31.3. The first-order valence-electron chi connectivity index (χ1n) is 15.3. The molecule has 1 aliphatic rings. The van der Waals surface area contributed by atoms with Crippen molar-refractivity contribution in [2.24, 2.45) is 0 Å². The molecule has 45 heavy (non-hydrogen) atoms. The lowest BCUT2D eigenvalue weighted by Gasteiger charge is -2.18. The third-order valence-electron chi connectivity index (χ3n) is 8.48. The van der Waals surface area contributed by atoms with Gasteiger partial charge in [0.15, 0.2) is 5.82 Å². The second-order valence-electron chi connectivity index (χ2n) is 11.4. The predicted octanol–water partition coefficient (Wildman–Crippen LogP) is 6.12. The van der Waals surface area contributed by atoms with Gasteiger partial charge in [-0.3, -0.25) is 14.7 Å². The van der Waals surface area contributed by atoms with Crippen LogP contribution in [0, 0.1) is 13.8 Å². The summed E-state index contributed by atoms with van der Waals surface area (Å²) in [6.45, 7) is 13.5. The predicted molar refractivity (Wildman–Crippen MR) is 183 cm³/mol. The van der Waals surface area contributed by atoms with Crippen molar-refractivity contribution in [3.63, 3.8) is 0 Å². The summed E-state index contributed by atoms with van der Waals surface area (Å²) < 4.78 is 0. The Labute approximate surface area is 263 Å². The maximum Gasteiger partial charge on any atom is 0.156 e. The average molecular weight is 596 g/mol. The van der Waals surface area contributed by atoms with Crippen LogP contribution in [0.4, 0.5) is 23.0 Å². The standard InChI is InChI=1S/C37H37N7O/c1-5-27(22-45)19-34-26(4)36(41-23-40-34)42-32-12-8-10-30(24(32)2)31-11-9-13-33(25(31)3)43-37-35-29(14-15-38-37)18-28(20-39-35)21-44-16-6-7-17-44/h5,8-15,18-20,22-23H,4,6-7,16-17,21H2,1-3H3,(H,38,43)(H,40,41,42)/b27-5+,34-19+. The van der Waals surface area contributed by atoms with Gasteiger partial charge in [-0.2, -0.15) is 0 Å². The van der Waals surface area contributed by atoms with Crippen molar-refractivity contribution < 1.29 is 4.79 Å². The van der Waals surface area contributed by atoms with Crippen molar-refractivity contribution >= 4 is 52.9 Å². The van der Waals surface area contributed by atoms with E-state index >= 15 is 0 Å². The summed E-state index contributed by atoms with van der Waals surface area (Å²) in [5, 5.41) is 9.30. The number of hydrogen-bond donors (Lipinski definition) is 2. The molecule has 0 saturated carbocycles. The smallest absolute Gasteiger partial charge is 0.156 e. The lowest BCUT2D eigenvalue weighted by Crippen LogP contribution is -2.30. The quantitative estimate of drug-likeness (QED) is 0.155. The van der Waals surface area contributed by atoms with E-state index in [9.17, 15) is 4.79 Å². The molecule has 0 atom stereocenters. The number of carbonyl (C=O) groups excluding carboxylic acids is 1. The van der Waals surface area contributed by atoms with Crippen LogP contribution in [-0.4, -0.2) is 44.2 Å². The summed E-state index contributed by atoms with van der Waals surface area (Å²) in [6.07, 6.45) is 12.1. The number of fused-ring (bicyclic) bond motifs is 1. The Morgan fingerprint density at radius 1 is 0.911 bits per heavy atom. The number of aromatic nitrogens is 4. The molecule has 1 aliphatic heterocycles. The number of nitrogens with zero attached hydrogens (tertiary/aromatic N) is 5. The van der Waals surface area contributed by atoms with Gasteiger partial charge in [-0.1, -0.05) is 36.9 Å². The maximum atomic E-state index is 11.3. The number of aldehydes is 1. The third-order valence-corrected chi connectivity index (χ3v) is 8.48. The normalized spacial score (nSPS) is 14.2. The summed E-state index contributed by atoms with van der Waals surface area (Å²) in [7, 11) is 0. The van der Waals surface area contributed by atoms with Crippen LogP contribution >= 0.6 is 0 Å². The van der Waals surface area contributed by atoms with Crippen molar-refractivity contribution in [2.45, 2.75) is 40.2 Å². The number of anilines is 4. The second kappa shape index (κ2) is 13.2. The van der Waals surface area contributed by atoms with Crippen LogP contribution < -0.4 is 21.2 Å². The topological polar surface area (TPSA) is 95.9 Å². The molecule has 1 saturated heterocycles. The van der Waals surface area contributed by atoms with E-state index in [0.717, 1.165) is 76.3 Å². The number of carbonyl (C=O) groups is 1. The molecule has 2 N–H and O–H groups in total. The number of likely N-dealkylation sites (tertiary alicyclic amines) is 1. The molecule has 0 spiro atoms. The summed E-state index contributed by atoms with van der Waals surface area (Å²) >= 11 is 0. The SMILES string of the molecule is C=c1c(Nc2cccc(-c3cccc(Nc4nccc5cc(CN6CCCC6)cnc45)c3C)c2C)ncn/c1=C/C(C=O)=C\C. The van der Waals surface area contributed by atoms with Crippen molar-refractivity contribution in [1.29, 1.82) is 0 Å². The first-order chi connectivity index (χ1) is 21.9. The van der Waals surface area contributed by atoms with Crippen LogP contribution in [-0.2, 0) is 11.3 Å².